The normalized spacial score (nSPS) is 11.0. The summed E-state index contributed by atoms with van der Waals surface area (Å²) in [5, 5.41) is 8.29. The highest BCUT2D eigenvalue weighted by atomic mass is 17.2. The third-order valence-electron chi connectivity index (χ3n) is 1.57. The van der Waals surface area contributed by atoms with Crippen LogP contribution in [0.4, 0.5) is 0 Å². The molecule has 1 aromatic rings. The van der Waals surface area contributed by atoms with Gasteiger partial charge in [-0.25, -0.2) is 4.79 Å². The molecule has 0 spiro atoms. The van der Waals surface area contributed by atoms with Crippen molar-refractivity contribution in [1.82, 2.24) is 0 Å². The van der Waals surface area contributed by atoms with Crippen LogP contribution in [-0.4, -0.2) is 16.8 Å². The van der Waals surface area contributed by atoms with Crippen LogP contribution in [0.15, 0.2) is 24.3 Å². The van der Waals surface area contributed by atoms with E-state index in [-0.39, 0.29) is 11.3 Å². The molecule has 0 amide bonds. The zero-order valence-corrected chi connectivity index (χ0v) is 9.39. The Morgan fingerprint density at radius 2 is 1.88 bits per heavy atom. The lowest BCUT2D eigenvalue weighted by molar-refractivity contribution is -0.275. The van der Waals surface area contributed by atoms with Crippen molar-refractivity contribution in [3.8, 4) is 5.75 Å². The van der Waals surface area contributed by atoms with Gasteiger partial charge in [0.05, 0.1) is 0 Å². The van der Waals surface area contributed by atoms with E-state index in [1.54, 1.807) is 32.9 Å². The summed E-state index contributed by atoms with van der Waals surface area (Å²) in [7, 11) is 0. The predicted molar refractivity (Wildman–Crippen MR) is 56.0 cm³/mol. The van der Waals surface area contributed by atoms with Gasteiger partial charge in [-0.15, -0.1) is 0 Å². The Morgan fingerprint density at radius 3 is 2.44 bits per heavy atom. The molecule has 0 aromatic heterocycles. The van der Waals surface area contributed by atoms with E-state index in [0.29, 0.717) is 0 Å². The number of carbonyl (C=O) groups excluding carboxylic acids is 1. The molecule has 0 aliphatic carbocycles. The Labute approximate surface area is 93.4 Å². The van der Waals surface area contributed by atoms with Crippen molar-refractivity contribution in [3.63, 3.8) is 0 Å². The summed E-state index contributed by atoms with van der Waals surface area (Å²) >= 11 is 0. The Morgan fingerprint density at radius 1 is 1.25 bits per heavy atom. The smallest absolute Gasteiger partial charge is 0.336 e. The van der Waals surface area contributed by atoms with E-state index in [1.165, 1.54) is 12.1 Å². The fourth-order valence-corrected chi connectivity index (χ4v) is 0.927. The maximum absolute atomic E-state index is 11.2. The first kappa shape index (κ1) is 12.5. The highest BCUT2D eigenvalue weighted by molar-refractivity contribution is 5.91. The quantitative estimate of drug-likeness (QED) is 0.633. The Bertz CT molecular complexity index is 367. The van der Waals surface area contributed by atoms with E-state index in [0.717, 1.165) is 0 Å². The maximum atomic E-state index is 11.2. The average Bonchev–Trinajstić information content (AvgIpc) is 2.25. The van der Waals surface area contributed by atoms with Crippen molar-refractivity contribution in [2.45, 2.75) is 26.4 Å². The van der Waals surface area contributed by atoms with Gasteiger partial charge in [0.25, 0.3) is 0 Å². The van der Waals surface area contributed by atoms with Crippen LogP contribution in [0.3, 0.4) is 0 Å². The van der Waals surface area contributed by atoms with Crippen molar-refractivity contribution in [2.75, 3.05) is 0 Å². The number of para-hydroxylation sites is 1. The molecule has 88 valence electrons. The minimum Gasteiger partial charge on any atom is -0.336 e. The molecule has 16 heavy (non-hydrogen) atoms. The van der Waals surface area contributed by atoms with Gasteiger partial charge in [0.1, 0.15) is 11.2 Å². The van der Waals surface area contributed by atoms with Crippen LogP contribution >= 0.6 is 0 Å². The second-order valence-electron chi connectivity index (χ2n) is 4.15. The summed E-state index contributed by atoms with van der Waals surface area (Å²) < 4.78 is 0. The number of hydrogen-bond acceptors (Lipinski definition) is 5. The molecule has 0 saturated heterocycles. The second-order valence-corrected chi connectivity index (χ2v) is 4.15. The summed E-state index contributed by atoms with van der Waals surface area (Å²) in [6.45, 7) is 5.42. The minimum absolute atomic E-state index is 0.0919. The zero-order valence-electron chi connectivity index (χ0n) is 9.39. The van der Waals surface area contributed by atoms with E-state index in [2.05, 4.69) is 4.89 Å². The van der Waals surface area contributed by atoms with Crippen molar-refractivity contribution >= 4 is 5.97 Å². The summed E-state index contributed by atoms with van der Waals surface area (Å²) in [6, 6.07) is 6.30. The summed E-state index contributed by atoms with van der Waals surface area (Å²) in [4.78, 5) is 24.9. The van der Waals surface area contributed by atoms with E-state index >= 15 is 0 Å². The molecule has 0 aliphatic heterocycles. The first-order chi connectivity index (χ1) is 7.44. The van der Waals surface area contributed by atoms with E-state index in [9.17, 15) is 4.79 Å². The molecule has 1 aromatic carbocycles. The van der Waals surface area contributed by atoms with Gasteiger partial charge in [0.2, 0.25) is 0 Å². The summed E-state index contributed by atoms with van der Waals surface area (Å²) in [6.07, 6.45) is 0. The number of benzene rings is 1. The largest absolute Gasteiger partial charge is 0.376 e. The average molecular weight is 226 g/mol. The van der Waals surface area contributed by atoms with Crippen LogP contribution < -0.4 is 4.89 Å². The Kier molecular flexibility index (Phi) is 3.87. The van der Waals surface area contributed by atoms with Crippen molar-refractivity contribution < 1.29 is 24.7 Å². The molecule has 1 N–H and O–H groups in total. The molecule has 0 radical (unpaired) electrons. The molecule has 5 nitrogen and oxygen atoms in total. The third kappa shape index (κ3) is 3.52. The lowest BCUT2D eigenvalue weighted by atomic mass is 10.2. The van der Waals surface area contributed by atoms with Gasteiger partial charge in [-0.05, 0) is 32.9 Å². The molecular formula is C11H14O5. The molecule has 5 heteroatoms. The van der Waals surface area contributed by atoms with Gasteiger partial charge in [0.15, 0.2) is 5.75 Å². The highest BCUT2D eigenvalue weighted by Crippen LogP contribution is 2.21. The Hall–Kier alpha value is -1.59. The van der Waals surface area contributed by atoms with Gasteiger partial charge in [-0.2, -0.15) is 10.1 Å². The first-order valence-electron chi connectivity index (χ1n) is 4.74. The molecular weight excluding hydrogens is 212 g/mol. The van der Waals surface area contributed by atoms with Crippen LogP contribution in [-0.2, 0) is 9.78 Å². The standard InChI is InChI=1S/C11H14O5/c1-11(2,3)16-15-9-7-5-4-6-8(9)10(12)14-13/h4-7,13H,1-3H3. The van der Waals surface area contributed by atoms with Crippen molar-refractivity contribution in [1.29, 1.82) is 0 Å². The fourth-order valence-electron chi connectivity index (χ4n) is 0.927. The maximum Gasteiger partial charge on any atom is 0.376 e. The molecule has 0 bridgehead atoms. The lowest BCUT2D eigenvalue weighted by Crippen LogP contribution is -2.22. The molecule has 0 aliphatic rings. The topological polar surface area (TPSA) is 65.0 Å². The molecule has 0 unspecified atom stereocenters. The van der Waals surface area contributed by atoms with Gasteiger partial charge in [-0.3, -0.25) is 4.89 Å². The van der Waals surface area contributed by atoms with Crippen molar-refractivity contribution in [2.24, 2.45) is 0 Å². The summed E-state index contributed by atoms with van der Waals surface area (Å²) in [5.74, 6) is -0.704. The van der Waals surface area contributed by atoms with Crippen LogP contribution in [0, 0.1) is 0 Å². The van der Waals surface area contributed by atoms with E-state index in [4.69, 9.17) is 15.0 Å². The first-order valence-corrected chi connectivity index (χ1v) is 4.74. The van der Waals surface area contributed by atoms with Crippen molar-refractivity contribution in [3.05, 3.63) is 29.8 Å². The monoisotopic (exact) mass is 226 g/mol. The molecule has 1 rings (SSSR count). The minimum atomic E-state index is -0.895. The second kappa shape index (κ2) is 4.96. The third-order valence-corrected chi connectivity index (χ3v) is 1.57. The Balaban J connectivity index is 2.83. The molecule has 0 saturated carbocycles. The van der Waals surface area contributed by atoms with Gasteiger partial charge < -0.3 is 4.89 Å². The number of carbonyl (C=O) groups is 1. The van der Waals surface area contributed by atoms with E-state index in [1.807, 2.05) is 0 Å². The van der Waals surface area contributed by atoms with Gasteiger partial charge >= 0.3 is 5.97 Å². The molecule has 0 heterocycles. The SMILES string of the molecule is CC(C)(C)OOc1ccccc1C(=O)OO. The fraction of sp³-hybridized carbons (Fsp3) is 0.364. The predicted octanol–water partition coefficient (Wildman–Crippen LogP) is 2.43. The summed E-state index contributed by atoms with van der Waals surface area (Å²) in [5.41, 5.74) is -0.412. The van der Waals surface area contributed by atoms with Crippen LogP contribution in [0.1, 0.15) is 31.1 Å². The van der Waals surface area contributed by atoms with Crippen LogP contribution in [0.25, 0.3) is 0 Å². The van der Waals surface area contributed by atoms with Crippen LogP contribution in [0.5, 0.6) is 5.75 Å². The van der Waals surface area contributed by atoms with Gasteiger partial charge in [0, 0.05) is 0 Å². The van der Waals surface area contributed by atoms with Crippen LogP contribution in [0.2, 0.25) is 0 Å². The number of rotatable bonds is 3. The van der Waals surface area contributed by atoms with E-state index < -0.39 is 11.6 Å². The number of hydrogen-bond donors (Lipinski definition) is 1. The highest BCUT2D eigenvalue weighted by Gasteiger charge is 2.18. The molecule has 0 atom stereocenters. The zero-order chi connectivity index (χ0) is 12.2. The molecule has 0 fully saturated rings. The van der Waals surface area contributed by atoms with Gasteiger partial charge in [-0.1, -0.05) is 12.1 Å². The lowest BCUT2D eigenvalue weighted by Gasteiger charge is -2.18.